The van der Waals surface area contributed by atoms with Crippen LogP contribution in [0.5, 0.6) is 0 Å². The average molecular weight is 439 g/mol. The van der Waals surface area contributed by atoms with Crippen molar-refractivity contribution < 1.29 is 12.8 Å². The van der Waals surface area contributed by atoms with E-state index in [1.807, 2.05) is 29.2 Å². The predicted molar refractivity (Wildman–Crippen MR) is 119 cm³/mol. The predicted octanol–water partition coefficient (Wildman–Crippen LogP) is 4.63. The van der Waals surface area contributed by atoms with Crippen molar-refractivity contribution in [3.05, 3.63) is 66.0 Å². The number of hydrogen-bond acceptors (Lipinski definition) is 5. The van der Waals surface area contributed by atoms with Gasteiger partial charge in [-0.15, -0.1) is 0 Å². The minimum absolute atomic E-state index is 0.0339. The van der Waals surface area contributed by atoms with Crippen molar-refractivity contribution in [3.63, 3.8) is 0 Å². The smallest absolute Gasteiger partial charge is 0.267 e. The number of aromatic nitrogens is 2. The second kappa shape index (κ2) is 7.92. The minimum atomic E-state index is -3.91. The van der Waals surface area contributed by atoms with Crippen molar-refractivity contribution in [2.45, 2.75) is 37.0 Å². The number of rotatable bonds is 5. The molecule has 0 saturated carbocycles. The molecule has 1 aromatic heterocycles. The van der Waals surface area contributed by atoms with Crippen molar-refractivity contribution in [2.75, 3.05) is 22.4 Å². The molecular weight excluding hydrogens is 415 g/mol. The summed E-state index contributed by atoms with van der Waals surface area (Å²) in [6, 6.07) is 12.3. The van der Waals surface area contributed by atoms with Crippen LogP contribution < -0.4 is 9.21 Å². The summed E-state index contributed by atoms with van der Waals surface area (Å²) in [5.74, 6) is 0.412. The number of hydrogen-bond donors (Lipinski definition) is 0. The van der Waals surface area contributed by atoms with E-state index in [4.69, 9.17) is 4.98 Å². The topological polar surface area (TPSA) is 66.4 Å². The molecule has 8 heteroatoms. The SMILES string of the molecule is O=S(=O)(c1ccc(F)cc1)N1CN(CCC2=CCCCC2)c2nc3ccccc3nc21. The van der Waals surface area contributed by atoms with Crippen LogP contribution in [0.15, 0.2) is 65.1 Å². The maximum atomic E-state index is 13.4. The Morgan fingerprint density at radius 3 is 2.32 bits per heavy atom. The summed E-state index contributed by atoms with van der Waals surface area (Å²) in [6.07, 6.45) is 7.83. The van der Waals surface area contributed by atoms with Gasteiger partial charge >= 0.3 is 0 Å². The fourth-order valence-corrected chi connectivity index (χ4v) is 5.54. The summed E-state index contributed by atoms with van der Waals surface area (Å²) in [6.45, 7) is 0.805. The van der Waals surface area contributed by atoms with Gasteiger partial charge in [0.25, 0.3) is 10.0 Å². The Morgan fingerprint density at radius 1 is 0.935 bits per heavy atom. The highest BCUT2D eigenvalue weighted by Crippen LogP contribution is 2.38. The first-order valence-electron chi connectivity index (χ1n) is 10.5. The Morgan fingerprint density at radius 2 is 1.65 bits per heavy atom. The summed E-state index contributed by atoms with van der Waals surface area (Å²) < 4.78 is 41.4. The van der Waals surface area contributed by atoms with Gasteiger partial charge in [0, 0.05) is 6.54 Å². The Balaban J connectivity index is 1.53. The molecule has 2 heterocycles. The number of anilines is 2. The summed E-state index contributed by atoms with van der Waals surface area (Å²) in [7, 11) is -3.91. The summed E-state index contributed by atoms with van der Waals surface area (Å²) in [4.78, 5) is 11.4. The summed E-state index contributed by atoms with van der Waals surface area (Å²) in [5, 5.41) is 0. The molecule has 2 aromatic carbocycles. The highest BCUT2D eigenvalue weighted by atomic mass is 32.2. The minimum Gasteiger partial charge on any atom is -0.334 e. The van der Waals surface area contributed by atoms with Gasteiger partial charge in [-0.05, 0) is 68.5 Å². The molecule has 0 N–H and O–H groups in total. The molecule has 0 amide bonds. The van der Waals surface area contributed by atoms with Crippen molar-refractivity contribution in [2.24, 2.45) is 0 Å². The van der Waals surface area contributed by atoms with Gasteiger partial charge in [0.1, 0.15) is 12.5 Å². The third kappa shape index (κ3) is 3.76. The molecule has 6 nitrogen and oxygen atoms in total. The van der Waals surface area contributed by atoms with Crippen LogP contribution in [0.3, 0.4) is 0 Å². The standard InChI is InChI=1S/C23H23FN4O2S/c24-18-10-12-19(13-11-18)31(29,30)28-16-27(15-14-17-6-2-1-3-7-17)22-23(28)26-21-9-5-4-8-20(21)25-22/h4-6,8-13H,1-3,7,14-16H2. The largest absolute Gasteiger partial charge is 0.334 e. The van der Waals surface area contributed by atoms with Gasteiger partial charge in [0.2, 0.25) is 0 Å². The molecule has 0 atom stereocenters. The van der Waals surface area contributed by atoms with E-state index in [-0.39, 0.29) is 11.6 Å². The number of benzene rings is 2. The number of nitrogens with zero attached hydrogens (tertiary/aromatic N) is 4. The molecule has 0 radical (unpaired) electrons. The Bertz CT molecular complexity index is 1260. The monoisotopic (exact) mass is 438 g/mol. The zero-order chi connectivity index (χ0) is 21.4. The Hall–Kier alpha value is -3.00. The summed E-state index contributed by atoms with van der Waals surface area (Å²) >= 11 is 0. The first-order chi connectivity index (χ1) is 15.0. The number of fused-ring (bicyclic) bond motifs is 2. The summed E-state index contributed by atoms with van der Waals surface area (Å²) in [5.41, 5.74) is 2.78. The second-order valence-electron chi connectivity index (χ2n) is 7.93. The fourth-order valence-electron chi connectivity index (χ4n) is 4.16. The highest BCUT2D eigenvalue weighted by molar-refractivity contribution is 7.92. The molecule has 0 saturated heterocycles. The number of allylic oxidation sites excluding steroid dienone is 1. The maximum Gasteiger partial charge on any atom is 0.267 e. The lowest BCUT2D eigenvalue weighted by atomic mass is 9.97. The number of para-hydroxylation sites is 2. The van der Waals surface area contributed by atoms with E-state index in [1.54, 1.807) is 0 Å². The third-order valence-electron chi connectivity index (χ3n) is 5.86. The van der Waals surface area contributed by atoms with E-state index in [1.165, 1.54) is 34.9 Å². The van der Waals surface area contributed by atoms with Crippen molar-refractivity contribution in [1.29, 1.82) is 0 Å². The van der Waals surface area contributed by atoms with Crippen LogP contribution in [-0.2, 0) is 10.0 Å². The quantitative estimate of drug-likeness (QED) is 0.543. The van der Waals surface area contributed by atoms with Gasteiger partial charge in [-0.25, -0.2) is 27.1 Å². The molecule has 2 aliphatic rings. The van der Waals surface area contributed by atoms with E-state index in [2.05, 4.69) is 11.1 Å². The van der Waals surface area contributed by atoms with Crippen molar-refractivity contribution in [3.8, 4) is 0 Å². The average Bonchev–Trinajstić information content (AvgIpc) is 3.15. The van der Waals surface area contributed by atoms with E-state index in [0.717, 1.165) is 36.9 Å². The Labute approximate surface area is 181 Å². The van der Waals surface area contributed by atoms with Crippen molar-refractivity contribution in [1.82, 2.24) is 9.97 Å². The Kier molecular flexibility index (Phi) is 5.09. The third-order valence-corrected chi connectivity index (χ3v) is 7.60. The number of halogens is 1. The van der Waals surface area contributed by atoms with Crippen LogP contribution in [0.4, 0.5) is 16.0 Å². The van der Waals surface area contributed by atoms with Crippen LogP contribution in [0.1, 0.15) is 32.1 Å². The van der Waals surface area contributed by atoms with Crippen LogP contribution in [-0.4, -0.2) is 31.6 Å². The van der Waals surface area contributed by atoms with E-state index < -0.39 is 15.8 Å². The number of sulfonamides is 1. The normalized spacial score (nSPS) is 16.5. The van der Waals surface area contributed by atoms with Gasteiger partial charge in [-0.3, -0.25) is 0 Å². The first kappa shape index (κ1) is 19.9. The molecule has 0 spiro atoms. The zero-order valence-electron chi connectivity index (χ0n) is 17.0. The highest BCUT2D eigenvalue weighted by Gasteiger charge is 2.37. The van der Waals surface area contributed by atoms with Crippen LogP contribution in [0.25, 0.3) is 11.0 Å². The van der Waals surface area contributed by atoms with Gasteiger partial charge in [0.15, 0.2) is 11.6 Å². The molecular formula is C23H23FN4O2S. The molecule has 31 heavy (non-hydrogen) atoms. The maximum absolute atomic E-state index is 13.4. The van der Waals surface area contributed by atoms with Crippen LogP contribution in [0.2, 0.25) is 0 Å². The molecule has 3 aromatic rings. The van der Waals surface area contributed by atoms with E-state index in [9.17, 15) is 12.8 Å². The van der Waals surface area contributed by atoms with Crippen molar-refractivity contribution >= 4 is 32.7 Å². The zero-order valence-corrected chi connectivity index (χ0v) is 17.9. The lowest BCUT2D eigenvalue weighted by molar-refractivity contribution is 0.589. The van der Waals surface area contributed by atoms with Crippen LogP contribution in [0, 0.1) is 5.82 Å². The molecule has 160 valence electrons. The molecule has 1 aliphatic heterocycles. The first-order valence-corrected chi connectivity index (χ1v) is 11.9. The van der Waals surface area contributed by atoms with Gasteiger partial charge in [-0.2, -0.15) is 0 Å². The van der Waals surface area contributed by atoms with Gasteiger partial charge < -0.3 is 4.90 Å². The lowest BCUT2D eigenvalue weighted by Crippen LogP contribution is -2.36. The molecule has 5 rings (SSSR count). The second-order valence-corrected chi connectivity index (χ2v) is 9.79. The molecule has 0 fully saturated rings. The van der Waals surface area contributed by atoms with Gasteiger partial charge in [0.05, 0.1) is 15.9 Å². The molecule has 1 aliphatic carbocycles. The van der Waals surface area contributed by atoms with Crippen LogP contribution >= 0.6 is 0 Å². The fraction of sp³-hybridized carbons (Fsp3) is 0.304. The molecule has 0 bridgehead atoms. The van der Waals surface area contributed by atoms with E-state index >= 15 is 0 Å². The lowest BCUT2D eigenvalue weighted by Gasteiger charge is -2.22. The van der Waals surface area contributed by atoms with E-state index in [0.29, 0.717) is 23.7 Å². The molecule has 0 unspecified atom stereocenters. The van der Waals surface area contributed by atoms with Gasteiger partial charge in [-0.1, -0.05) is 23.8 Å².